The van der Waals surface area contributed by atoms with E-state index < -0.39 is 0 Å². The number of benzene rings is 1. The van der Waals surface area contributed by atoms with Gasteiger partial charge >= 0.3 is 0 Å². The van der Waals surface area contributed by atoms with Crippen LogP contribution in [0.3, 0.4) is 0 Å². The van der Waals surface area contributed by atoms with Crippen molar-refractivity contribution in [3.63, 3.8) is 0 Å². The van der Waals surface area contributed by atoms with Crippen molar-refractivity contribution in [2.75, 3.05) is 36.4 Å². The molecule has 0 bridgehead atoms. The minimum absolute atomic E-state index is 0.647. The highest BCUT2D eigenvalue weighted by atomic mass is 35.5. The van der Waals surface area contributed by atoms with Crippen molar-refractivity contribution in [3.8, 4) is 0 Å². The number of halogens is 1. The summed E-state index contributed by atoms with van der Waals surface area (Å²) in [4.78, 5) is 15.4. The summed E-state index contributed by atoms with van der Waals surface area (Å²) in [7, 11) is 0. The van der Waals surface area contributed by atoms with Crippen LogP contribution in [0.2, 0.25) is 5.02 Å². The lowest BCUT2D eigenvalue weighted by Gasteiger charge is -2.27. The van der Waals surface area contributed by atoms with Crippen LogP contribution in [-0.2, 0) is 0 Å². The van der Waals surface area contributed by atoms with E-state index in [0.717, 1.165) is 42.4 Å². The minimum Gasteiger partial charge on any atom is -0.383 e. The summed E-state index contributed by atoms with van der Waals surface area (Å²) in [5.41, 5.74) is 2.73. The van der Waals surface area contributed by atoms with E-state index >= 15 is 0 Å². The highest BCUT2D eigenvalue weighted by molar-refractivity contribution is 6.30. The minimum atomic E-state index is 0.647. The third kappa shape index (κ3) is 5.23. The molecule has 2 heterocycles. The molecular formula is C21H27ClN6. The molecule has 1 aromatic carbocycles. The van der Waals surface area contributed by atoms with Gasteiger partial charge in [0, 0.05) is 48.7 Å². The number of nitrogens with one attached hydrogen (secondary N) is 2. The van der Waals surface area contributed by atoms with Crippen LogP contribution in [0.4, 0.5) is 17.5 Å². The molecule has 1 aliphatic heterocycles. The first-order chi connectivity index (χ1) is 13.7. The van der Waals surface area contributed by atoms with E-state index in [1.165, 1.54) is 19.3 Å². The zero-order chi connectivity index (χ0) is 19.8. The van der Waals surface area contributed by atoms with Gasteiger partial charge in [-0.05, 0) is 57.2 Å². The van der Waals surface area contributed by atoms with Crippen LogP contribution in [0.15, 0.2) is 41.5 Å². The fraction of sp³-hybridized carbons (Fsp3) is 0.381. The molecule has 0 spiro atoms. The summed E-state index contributed by atoms with van der Waals surface area (Å²) >= 11 is 6.05. The fourth-order valence-corrected chi connectivity index (χ4v) is 3.49. The Hall–Kier alpha value is -2.60. The van der Waals surface area contributed by atoms with E-state index in [2.05, 4.69) is 37.2 Å². The Labute approximate surface area is 171 Å². The van der Waals surface area contributed by atoms with Gasteiger partial charge in [0.1, 0.15) is 5.82 Å². The van der Waals surface area contributed by atoms with Crippen LogP contribution in [0.25, 0.3) is 5.70 Å². The van der Waals surface area contributed by atoms with Crippen LogP contribution < -0.4 is 15.5 Å². The Morgan fingerprint density at radius 2 is 2.07 bits per heavy atom. The van der Waals surface area contributed by atoms with Gasteiger partial charge in [0.05, 0.1) is 5.69 Å². The normalized spacial score (nSPS) is 14.6. The van der Waals surface area contributed by atoms with Crippen molar-refractivity contribution in [1.29, 1.82) is 0 Å². The number of hydrogen-bond acceptors (Lipinski definition) is 6. The van der Waals surface area contributed by atoms with Crippen molar-refractivity contribution >= 4 is 41.5 Å². The van der Waals surface area contributed by atoms with Gasteiger partial charge in [-0.2, -0.15) is 4.98 Å². The smallest absolute Gasteiger partial charge is 0.224 e. The van der Waals surface area contributed by atoms with E-state index in [1.54, 1.807) is 0 Å². The number of rotatable bonds is 8. The first-order valence-electron chi connectivity index (χ1n) is 9.70. The monoisotopic (exact) mass is 398 g/mol. The van der Waals surface area contributed by atoms with E-state index in [4.69, 9.17) is 11.6 Å². The predicted octanol–water partition coefficient (Wildman–Crippen LogP) is 4.51. The molecule has 2 aromatic rings. The fourth-order valence-electron chi connectivity index (χ4n) is 3.32. The lowest BCUT2D eigenvalue weighted by atomic mass is 10.1. The van der Waals surface area contributed by atoms with Crippen LogP contribution >= 0.6 is 11.6 Å². The van der Waals surface area contributed by atoms with Gasteiger partial charge in [0.15, 0.2) is 0 Å². The van der Waals surface area contributed by atoms with Crippen LogP contribution in [0, 0.1) is 0 Å². The molecule has 0 atom stereocenters. The molecule has 1 aromatic heterocycles. The second-order valence-electron chi connectivity index (χ2n) is 6.66. The standard InChI is InChI=1S/C21H27ClN6/c1-3-18(17-8-7-16(22)15-19(17)23-2)24-11-12-26-21-25-10-9-20(27-21)28-13-5-4-6-14-28/h3,7-10,15,24H,2,4-6,11-14H2,1H3,(H,25,26,27)/b18-3+. The average Bonchev–Trinajstić information content (AvgIpc) is 2.75. The molecule has 7 heteroatoms. The average molecular weight is 399 g/mol. The van der Waals surface area contributed by atoms with E-state index in [0.29, 0.717) is 17.5 Å². The Bertz CT molecular complexity index is 829. The maximum atomic E-state index is 6.05. The van der Waals surface area contributed by atoms with Crippen molar-refractivity contribution in [1.82, 2.24) is 15.3 Å². The molecule has 0 saturated carbocycles. The third-order valence-electron chi connectivity index (χ3n) is 4.75. The second kappa shape index (κ2) is 10.1. The highest BCUT2D eigenvalue weighted by Crippen LogP contribution is 2.28. The lowest BCUT2D eigenvalue weighted by molar-refractivity contribution is 0.573. The number of allylic oxidation sites excluding steroid dienone is 1. The number of piperidine rings is 1. The SMILES string of the molecule is C=Nc1cc(Cl)ccc1/C(=C\C)NCCNc1nccc(N2CCCCC2)n1. The first kappa shape index (κ1) is 20.1. The maximum Gasteiger partial charge on any atom is 0.224 e. The van der Waals surface area contributed by atoms with E-state index in [1.807, 2.05) is 43.5 Å². The van der Waals surface area contributed by atoms with Crippen molar-refractivity contribution in [2.24, 2.45) is 4.99 Å². The molecule has 28 heavy (non-hydrogen) atoms. The van der Waals surface area contributed by atoms with Gasteiger partial charge in [-0.3, -0.25) is 4.99 Å². The van der Waals surface area contributed by atoms with Gasteiger partial charge in [0.25, 0.3) is 0 Å². The Morgan fingerprint density at radius 3 is 2.82 bits per heavy atom. The van der Waals surface area contributed by atoms with Crippen LogP contribution in [-0.4, -0.2) is 42.9 Å². The number of aliphatic imine (C=N–C) groups is 1. The van der Waals surface area contributed by atoms with Gasteiger partial charge in [-0.25, -0.2) is 4.98 Å². The summed E-state index contributed by atoms with van der Waals surface area (Å²) in [6.45, 7) is 9.19. The first-order valence-corrected chi connectivity index (χ1v) is 10.1. The molecule has 148 valence electrons. The molecule has 0 unspecified atom stereocenters. The Balaban J connectivity index is 1.54. The topological polar surface area (TPSA) is 65.4 Å². The molecule has 6 nitrogen and oxygen atoms in total. The number of aromatic nitrogens is 2. The van der Waals surface area contributed by atoms with Crippen LogP contribution in [0.5, 0.6) is 0 Å². The molecule has 1 saturated heterocycles. The van der Waals surface area contributed by atoms with Gasteiger partial charge in [-0.15, -0.1) is 0 Å². The highest BCUT2D eigenvalue weighted by Gasteiger charge is 2.12. The summed E-state index contributed by atoms with van der Waals surface area (Å²) < 4.78 is 0. The summed E-state index contributed by atoms with van der Waals surface area (Å²) in [5, 5.41) is 7.37. The molecule has 3 rings (SSSR count). The molecule has 1 aliphatic rings. The molecular weight excluding hydrogens is 372 g/mol. The molecule has 0 radical (unpaired) electrons. The Morgan fingerprint density at radius 1 is 1.25 bits per heavy atom. The zero-order valence-electron chi connectivity index (χ0n) is 16.3. The molecule has 2 N–H and O–H groups in total. The Kier molecular flexibility index (Phi) is 7.25. The number of hydrogen-bond donors (Lipinski definition) is 2. The quantitative estimate of drug-likeness (QED) is 0.505. The largest absolute Gasteiger partial charge is 0.383 e. The van der Waals surface area contributed by atoms with Gasteiger partial charge in [0.2, 0.25) is 5.95 Å². The van der Waals surface area contributed by atoms with Crippen molar-refractivity contribution < 1.29 is 0 Å². The summed E-state index contributed by atoms with van der Waals surface area (Å²) in [5.74, 6) is 1.66. The van der Waals surface area contributed by atoms with E-state index in [-0.39, 0.29) is 0 Å². The predicted molar refractivity (Wildman–Crippen MR) is 119 cm³/mol. The summed E-state index contributed by atoms with van der Waals surface area (Å²) in [6, 6.07) is 7.60. The van der Waals surface area contributed by atoms with Crippen LogP contribution in [0.1, 0.15) is 31.7 Å². The van der Waals surface area contributed by atoms with Crippen molar-refractivity contribution in [2.45, 2.75) is 26.2 Å². The maximum absolute atomic E-state index is 6.05. The second-order valence-corrected chi connectivity index (χ2v) is 7.10. The van der Waals surface area contributed by atoms with E-state index in [9.17, 15) is 0 Å². The number of anilines is 2. The lowest BCUT2D eigenvalue weighted by Crippen LogP contribution is -2.30. The van der Waals surface area contributed by atoms with Gasteiger partial charge < -0.3 is 15.5 Å². The number of nitrogens with zero attached hydrogens (tertiary/aromatic N) is 4. The van der Waals surface area contributed by atoms with Crippen molar-refractivity contribution in [3.05, 3.63) is 47.1 Å². The third-order valence-corrected chi connectivity index (χ3v) is 4.99. The van der Waals surface area contributed by atoms with Gasteiger partial charge in [-0.1, -0.05) is 17.7 Å². The zero-order valence-corrected chi connectivity index (χ0v) is 17.0. The molecule has 0 aliphatic carbocycles. The molecule has 1 fully saturated rings. The summed E-state index contributed by atoms with van der Waals surface area (Å²) in [6.07, 6.45) is 7.61. The molecule has 0 amide bonds.